The van der Waals surface area contributed by atoms with Gasteiger partial charge < -0.3 is 0 Å². The fourth-order valence-corrected chi connectivity index (χ4v) is 3.21. The van der Waals surface area contributed by atoms with E-state index in [1.54, 1.807) is 11.8 Å². The van der Waals surface area contributed by atoms with Crippen molar-refractivity contribution in [2.75, 3.05) is 18.6 Å². The minimum absolute atomic E-state index is 0.0338. The molecule has 1 aromatic rings. The topological polar surface area (TPSA) is 59.1 Å². The molecule has 0 amide bonds. The molecular formula is C10H15ClN2O2S2. The van der Waals surface area contributed by atoms with Crippen LogP contribution in [0.2, 0.25) is 5.02 Å². The summed E-state index contributed by atoms with van der Waals surface area (Å²) in [6.45, 7) is 0.425. The van der Waals surface area contributed by atoms with Crippen LogP contribution >= 0.6 is 23.4 Å². The summed E-state index contributed by atoms with van der Waals surface area (Å²) in [5.41, 5.74) is 0. The molecular weight excluding hydrogens is 280 g/mol. The first-order chi connectivity index (χ1) is 8.08. The first-order valence-corrected chi connectivity index (χ1v) is 8.41. The van der Waals surface area contributed by atoms with Gasteiger partial charge >= 0.3 is 0 Å². The van der Waals surface area contributed by atoms with Crippen LogP contribution in [0.25, 0.3) is 0 Å². The van der Waals surface area contributed by atoms with Gasteiger partial charge in [-0.05, 0) is 30.9 Å². The number of halogens is 1. The van der Waals surface area contributed by atoms with E-state index in [0.29, 0.717) is 6.54 Å². The highest BCUT2D eigenvalue weighted by molar-refractivity contribution is 7.98. The van der Waals surface area contributed by atoms with Gasteiger partial charge in [0.15, 0.2) is 0 Å². The summed E-state index contributed by atoms with van der Waals surface area (Å²) in [5.74, 6) is 1.04. The Balaban J connectivity index is 2.55. The average Bonchev–Trinajstić information content (AvgIpc) is 2.29. The largest absolute Gasteiger partial charge is 0.263 e. The average molecular weight is 295 g/mol. The van der Waals surface area contributed by atoms with Gasteiger partial charge in [0.05, 0.1) is 5.02 Å². The van der Waals surface area contributed by atoms with E-state index in [0.717, 1.165) is 18.6 Å². The van der Waals surface area contributed by atoms with Crippen LogP contribution in [0.4, 0.5) is 0 Å². The second kappa shape index (κ2) is 7.20. The maximum atomic E-state index is 11.8. The standard InChI is InChI=1S/C10H15ClN2O2S2/c1-16-7-3-2-5-13-17(14,15)10-8-12-6-4-9(10)11/h4,6,8,13H,2-3,5,7H2,1H3. The molecule has 7 heteroatoms. The molecule has 0 aliphatic rings. The summed E-state index contributed by atoms with van der Waals surface area (Å²) in [4.78, 5) is 3.80. The van der Waals surface area contributed by atoms with Crippen LogP contribution in [-0.4, -0.2) is 32.0 Å². The molecule has 1 aromatic heterocycles. The number of nitrogens with one attached hydrogen (secondary N) is 1. The molecule has 0 saturated heterocycles. The van der Waals surface area contributed by atoms with Gasteiger partial charge in [0.25, 0.3) is 0 Å². The van der Waals surface area contributed by atoms with E-state index < -0.39 is 10.0 Å². The predicted octanol–water partition coefficient (Wildman–Crippen LogP) is 2.16. The van der Waals surface area contributed by atoms with Crippen LogP contribution in [0.5, 0.6) is 0 Å². The molecule has 1 rings (SSSR count). The van der Waals surface area contributed by atoms with Crippen molar-refractivity contribution >= 4 is 33.4 Å². The number of unbranched alkanes of at least 4 members (excludes halogenated alkanes) is 1. The zero-order valence-corrected chi connectivity index (χ0v) is 11.9. The van der Waals surface area contributed by atoms with E-state index in [2.05, 4.69) is 9.71 Å². The molecule has 0 atom stereocenters. The van der Waals surface area contributed by atoms with Gasteiger partial charge in [0.2, 0.25) is 10.0 Å². The van der Waals surface area contributed by atoms with Gasteiger partial charge in [-0.2, -0.15) is 11.8 Å². The molecule has 0 unspecified atom stereocenters. The first kappa shape index (κ1) is 14.8. The second-order valence-electron chi connectivity index (χ2n) is 3.40. The zero-order chi connectivity index (χ0) is 12.7. The molecule has 0 aliphatic heterocycles. The Morgan fingerprint density at radius 3 is 2.88 bits per heavy atom. The zero-order valence-electron chi connectivity index (χ0n) is 9.52. The summed E-state index contributed by atoms with van der Waals surface area (Å²) < 4.78 is 26.2. The third kappa shape index (κ3) is 4.83. The smallest absolute Gasteiger partial charge is 0.243 e. The summed E-state index contributed by atoms with van der Waals surface area (Å²) in [5, 5.41) is 0.191. The van der Waals surface area contributed by atoms with Crippen molar-refractivity contribution in [2.45, 2.75) is 17.7 Å². The fourth-order valence-electron chi connectivity index (χ4n) is 1.22. The van der Waals surface area contributed by atoms with Gasteiger partial charge in [-0.1, -0.05) is 11.6 Å². The van der Waals surface area contributed by atoms with Crippen LogP contribution in [0.15, 0.2) is 23.4 Å². The van der Waals surface area contributed by atoms with Crippen molar-refractivity contribution in [3.63, 3.8) is 0 Å². The minimum atomic E-state index is -3.53. The van der Waals surface area contributed by atoms with Gasteiger partial charge in [-0.15, -0.1) is 0 Å². The summed E-state index contributed by atoms with van der Waals surface area (Å²) in [6.07, 6.45) is 6.55. The Morgan fingerprint density at radius 2 is 2.24 bits per heavy atom. The van der Waals surface area contributed by atoms with Gasteiger partial charge in [0.1, 0.15) is 4.90 Å². The molecule has 0 aromatic carbocycles. The lowest BCUT2D eigenvalue weighted by atomic mass is 10.3. The van der Waals surface area contributed by atoms with Gasteiger partial charge in [-0.25, -0.2) is 13.1 Å². The second-order valence-corrected chi connectivity index (χ2v) is 6.53. The molecule has 0 fully saturated rings. The summed E-state index contributed by atoms with van der Waals surface area (Å²) in [7, 11) is -3.53. The summed E-state index contributed by atoms with van der Waals surface area (Å²) >= 11 is 7.56. The highest BCUT2D eigenvalue weighted by Crippen LogP contribution is 2.18. The first-order valence-electron chi connectivity index (χ1n) is 5.16. The molecule has 0 radical (unpaired) electrons. The highest BCUT2D eigenvalue weighted by atomic mass is 35.5. The van der Waals surface area contributed by atoms with Crippen LogP contribution in [0.1, 0.15) is 12.8 Å². The molecule has 0 bridgehead atoms. The Kier molecular flexibility index (Phi) is 6.26. The van der Waals surface area contributed by atoms with Crippen molar-refractivity contribution in [3.05, 3.63) is 23.5 Å². The van der Waals surface area contributed by atoms with Crippen LogP contribution in [0, 0.1) is 0 Å². The molecule has 0 spiro atoms. The molecule has 1 heterocycles. The van der Waals surface area contributed by atoms with E-state index in [1.807, 2.05) is 6.26 Å². The maximum Gasteiger partial charge on any atom is 0.243 e. The number of aromatic nitrogens is 1. The number of thioether (sulfide) groups is 1. The lowest BCUT2D eigenvalue weighted by Crippen LogP contribution is -2.25. The van der Waals surface area contributed by atoms with Crippen molar-refractivity contribution in [2.24, 2.45) is 0 Å². The summed E-state index contributed by atoms with van der Waals surface area (Å²) in [6, 6.07) is 1.46. The monoisotopic (exact) mass is 294 g/mol. The molecule has 0 saturated carbocycles. The molecule has 4 nitrogen and oxygen atoms in total. The SMILES string of the molecule is CSCCCCNS(=O)(=O)c1cnccc1Cl. The van der Waals surface area contributed by atoms with Crippen molar-refractivity contribution in [1.82, 2.24) is 9.71 Å². The van der Waals surface area contributed by atoms with Gasteiger partial charge in [0, 0.05) is 18.9 Å². The number of sulfonamides is 1. The van der Waals surface area contributed by atoms with Crippen LogP contribution < -0.4 is 4.72 Å². The molecule has 1 N–H and O–H groups in total. The Labute approximate surface area is 111 Å². The third-order valence-electron chi connectivity index (χ3n) is 2.09. The number of hydrogen-bond acceptors (Lipinski definition) is 4. The minimum Gasteiger partial charge on any atom is -0.263 e. The van der Waals surface area contributed by atoms with Crippen molar-refractivity contribution < 1.29 is 8.42 Å². The molecule has 17 heavy (non-hydrogen) atoms. The number of nitrogens with zero attached hydrogens (tertiary/aromatic N) is 1. The van der Waals surface area contributed by atoms with E-state index in [1.165, 1.54) is 18.5 Å². The Hall–Kier alpha value is -0.300. The number of rotatable bonds is 7. The number of hydrogen-bond donors (Lipinski definition) is 1. The highest BCUT2D eigenvalue weighted by Gasteiger charge is 2.16. The predicted molar refractivity (Wildman–Crippen MR) is 72.1 cm³/mol. The third-order valence-corrected chi connectivity index (χ3v) is 4.72. The molecule has 96 valence electrons. The Morgan fingerprint density at radius 1 is 1.47 bits per heavy atom. The maximum absolute atomic E-state index is 11.8. The fraction of sp³-hybridized carbons (Fsp3) is 0.500. The molecule has 0 aliphatic carbocycles. The Bertz CT molecular complexity index is 451. The van der Waals surface area contributed by atoms with Crippen LogP contribution in [-0.2, 0) is 10.0 Å². The van der Waals surface area contributed by atoms with E-state index in [4.69, 9.17) is 11.6 Å². The van der Waals surface area contributed by atoms with Crippen molar-refractivity contribution in [3.8, 4) is 0 Å². The van der Waals surface area contributed by atoms with E-state index >= 15 is 0 Å². The van der Waals surface area contributed by atoms with Gasteiger partial charge in [-0.3, -0.25) is 4.98 Å². The number of pyridine rings is 1. The quantitative estimate of drug-likeness (QED) is 0.783. The van der Waals surface area contributed by atoms with Crippen molar-refractivity contribution in [1.29, 1.82) is 0 Å². The lowest BCUT2D eigenvalue weighted by Gasteiger charge is -2.07. The lowest BCUT2D eigenvalue weighted by molar-refractivity contribution is 0.578. The normalized spacial score (nSPS) is 11.6. The van der Waals surface area contributed by atoms with E-state index in [9.17, 15) is 8.42 Å². The van der Waals surface area contributed by atoms with Crippen LogP contribution in [0.3, 0.4) is 0 Å². The van der Waals surface area contributed by atoms with E-state index in [-0.39, 0.29) is 9.92 Å².